The lowest BCUT2D eigenvalue weighted by Crippen LogP contribution is -2.47. The number of carbonyl (C=O) groups excluding carboxylic acids is 1. The first kappa shape index (κ1) is 20.5. The highest BCUT2D eigenvalue weighted by molar-refractivity contribution is 5.82. The fourth-order valence-corrected chi connectivity index (χ4v) is 5.60. The number of hydrogen-bond donors (Lipinski definition) is 3. The second-order valence-electron chi connectivity index (χ2n) is 9.25. The van der Waals surface area contributed by atoms with Crippen LogP contribution >= 0.6 is 0 Å². The molecule has 0 spiro atoms. The summed E-state index contributed by atoms with van der Waals surface area (Å²) in [6.45, 7) is 2.66. The maximum absolute atomic E-state index is 12.7. The Morgan fingerprint density at radius 3 is 2.75 bits per heavy atom. The molecule has 2 heterocycles. The van der Waals surface area contributed by atoms with Gasteiger partial charge in [-0.15, -0.1) is 0 Å². The van der Waals surface area contributed by atoms with Gasteiger partial charge in [-0.2, -0.15) is 5.48 Å². The molecule has 0 aromatic rings. The first-order chi connectivity index (χ1) is 13.7. The Bertz CT molecular complexity index is 514. The largest absolute Gasteiger partial charge is 0.381 e. The summed E-state index contributed by atoms with van der Waals surface area (Å²) >= 11 is 0. The van der Waals surface area contributed by atoms with Crippen LogP contribution in [0.5, 0.6) is 0 Å². The predicted molar refractivity (Wildman–Crippen MR) is 107 cm³/mol. The number of rotatable bonds is 6. The van der Waals surface area contributed by atoms with Gasteiger partial charge in [-0.25, -0.2) is 5.01 Å². The Morgan fingerprint density at radius 2 is 1.93 bits per heavy atom. The summed E-state index contributed by atoms with van der Waals surface area (Å²) in [7, 11) is 1.83. The zero-order valence-electron chi connectivity index (χ0n) is 17.3. The van der Waals surface area contributed by atoms with Crippen molar-refractivity contribution < 1.29 is 14.4 Å². The van der Waals surface area contributed by atoms with Crippen LogP contribution in [0.4, 0.5) is 0 Å². The molecule has 0 aromatic heterocycles. The highest BCUT2D eigenvalue weighted by Gasteiger charge is 2.37. The van der Waals surface area contributed by atoms with Gasteiger partial charge in [0.1, 0.15) is 6.04 Å². The zero-order valence-corrected chi connectivity index (χ0v) is 17.3. The molecule has 1 amide bonds. The maximum atomic E-state index is 12.7. The van der Waals surface area contributed by atoms with Gasteiger partial charge in [-0.05, 0) is 37.5 Å². The molecule has 2 aliphatic heterocycles. The summed E-state index contributed by atoms with van der Waals surface area (Å²) in [5, 5.41) is 5.49. The van der Waals surface area contributed by atoms with Gasteiger partial charge < -0.3 is 10.1 Å². The SMILES string of the molecule is COC1CCCCC1CN1CC(NC(=O)C2CC(C3CCCCC3)ON2)CN1. The topological polar surface area (TPSA) is 74.9 Å². The molecule has 4 aliphatic rings. The van der Waals surface area contributed by atoms with Crippen molar-refractivity contribution in [1.82, 2.24) is 21.2 Å². The van der Waals surface area contributed by atoms with Crippen molar-refractivity contribution in [3.05, 3.63) is 0 Å². The minimum atomic E-state index is -0.211. The van der Waals surface area contributed by atoms with E-state index in [0.717, 1.165) is 26.1 Å². The van der Waals surface area contributed by atoms with Gasteiger partial charge in [0.2, 0.25) is 5.91 Å². The molecule has 7 nitrogen and oxygen atoms in total. The molecule has 4 rings (SSSR count). The van der Waals surface area contributed by atoms with Gasteiger partial charge in [0.05, 0.1) is 18.2 Å². The first-order valence-corrected chi connectivity index (χ1v) is 11.5. The van der Waals surface area contributed by atoms with Crippen LogP contribution in [0.3, 0.4) is 0 Å². The van der Waals surface area contributed by atoms with Crippen molar-refractivity contribution in [2.75, 3.05) is 26.7 Å². The van der Waals surface area contributed by atoms with E-state index in [4.69, 9.17) is 9.57 Å². The summed E-state index contributed by atoms with van der Waals surface area (Å²) < 4.78 is 5.69. The molecule has 28 heavy (non-hydrogen) atoms. The normalized spacial score (nSPS) is 38.0. The van der Waals surface area contributed by atoms with Crippen LogP contribution in [-0.4, -0.2) is 62.0 Å². The van der Waals surface area contributed by atoms with Gasteiger partial charge in [-0.1, -0.05) is 32.1 Å². The Kier molecular flexibility index (Phi) is 7.22. The first-order valence-electron chi connectivity index (χ1n) is 11.5. The van der Waals surface area contributed by atoms with Gasteiger partial charge >= 0.3 is 0 Å². The van der Waals surface area contributed by atoms with Crippen molar-refractivity contribution in [2.45, 2.75) is 88.5 Å². The van der Waals surface area contributed by atoms with Crippen molar-refractivity contribution in [1.29, 1.82) is 0 Å². The standard InChI is InChI=1S/C21H38N4O3/c1-27-19-10-6-5-9-16(19)13-25-14-17(12-22-25)23-21(26)18-11-20(28-24-18)15-7-3-2-4-8-15/h15-20,22,24H,2-14H2,1H3,(H,23,26). The third kappa shape index (κ3) is 5.05. The van der Waals surface area contributed by atoms with E-state index < -0.39 is 0 Å². The lowest BCUT2D eigenvalue weighted by atomic mass is 9.83. The van der Waals surface area contributed by atoms with E-state index in [1.807, 2.05) is 7.11 Å². The van der Waals surface area contributed by atoms with E-state index in [0.29, 0.717) is 17.9 Å². The number of ether oxygens (including phenoxy) is 1. The minimum absolute atomic E-state index is 0.0828. The van der Waals surface area contributed by atoms with Crippen LogP contribution in [0.1, 0.15) is 64.2 Å². The summed E-state index contributed by atoms with van der Waals surface area (Å²) in [6.07, 6.45) is 12.8. The lowest BCUT2D eigenvalue weighted by Gasteiger charge is -2.33. The van der Waals surface area contributed by atoms with E-state index >= 15 is 0 Å². The number of hydrazine groups is 1. The highest BCUT2D eigenvalue weighted by atomic mass is 16.7. The molecular weight excluding hydrogens is 356 g/mol. The van der Waals surface area contributed by atoms with Gasteiger partial charge in [0.15, 0.2) is 0 Å². The minimum Gasteiger partial charge on any atom is -0.381 e. The third-order valence-electron chi connectivity index (χ3n) is 7.27. The second-order valence-corrected chi connectivity index (χ2v) is 9.25. The van der Waals surface area contributed by atoms with Crippen LogP contribution in [0.2, 0.25) is 0 Å². The summed E-state index contributed by atoms with van der Waals surface area (Å²) in [4.78, 5) is 18.5. The van der Waals surface area contributed by atoms with Gasteiger partial charge in [-0.3, -0.25) is 15.1 Å². The fraction of sp³-hybridized carbons (Fsp3) is 0.952. The van der Waals surface area contributed by atoms with Crippen LogP contribution in [0, 0.1) is 11.8 Å². The molecule has 0 radical (unpaired) electrons. The molecule has 2 saturated heterocycles. The number of nitrogens with one attached hydrogen (secondary N) is 3. The van der Waals surface area contributed by atoms with Crippen molar-refractivity contribution in [2.24, 2.45) is 11.8 Å². The number of hydroxylamine groups is 1. The van der Waals surface area contributed by atoms with Gasteiger partial charge in [0.25, 0.3) is 0 Å². The lowest BCUT2D eigenvalue weighted by molar-refractivity contribution is -0.125. The Labute approximate surface area is 169 Å². The van der Waals surface area contributed by atoms with Crippen LogP contribution in [-0.2, 0) is 14.4 Å². The number of nitrogens with zero attached hydrogens (tertiary/aromatic N) is 1. The molecule has 2 saturated carbocycles. The highest BCUT2D eigenvalue weighted by Crippen LogP contribution is 2.32. The molecule has 2 aliphatic carbocycles. The Morgan fingerprint density at radius 1 is 1.14 bits per heavy atom. The molecular formula is C21H38N4O3. The monoisotopic (exact) mass is 394 g/mol. The molecule has 3 N–H and O–H groups in total. The molecule has 5 unspecified atom stereocenters. The van der Waals surface area contributed by atoms with Gasteiger partial charge in [0, 0.05) is 33.2 Å². The Balaban J connectivity index is 1.19. The van der Waals surface area contributed by atoms with E-state index in [2.05, 4.69) is 21.2 Å². The molecule has 160 valence electrons. The number of carbonyl (C=O) groups is 1. The number of hydrogen-bond acceptors (Lipinski definition) is 6. The number of amides is 1. The predicted octanol–water partition coefficient (Wildman–Crippen LogP) is 1.74. The van der Waals surface area contributed by atoms with Crippen LogP contribution in [0.15, 0.2) is 0 Å². The average molecular weight is 395 g/mol. The van der Waals surface area contributed by atoms with Crippen LogP contribution in [0.25, 0.3) is 0 Å². The average Bonchev–Trinajstić information content (AvgIpc) is 3.39. The van der Waals surface area contributed by atoms with Crippen molar-refractivity contribution >= 4 is 5.91 Å². The smallest absolute Gasteiger partial charge is 0.239 e. The third-order valence-corrected chi connectivity index (χ3v) is 7.27. The summed E-state index contributed by atoms with van der Waals surface area (Å²) in [5.41, 5.74) is 6.47. The molecule has 5 atom stereocenters. The molecule has 0 aromatic carbocycles. The maximum Gasteiger partial charge on any atom is 0.239 e. The van der Waals surface area contributed by atoms with E-state index in [9.17, 15) is 4.79 Å². The summed E-state index contributed by atoms with van der Waals surface area (Å²) in [6, 6.07) is -0.0511. The summed E-state index contributed by atoms with van der Waals surface area (Å²) in [5.74, 6) is 1.29. The quantitative estimate of drug-likeness (QED) is 0.637. The van der Waals surface area contributed by atoms with Crippen molar-refractivity contribution in [3.63, 3.8) is 0 Å². The zero-order chi connectivity index (χ0) is 19.3. The number of methoxy groups -OCH3 is 1. The fourth-order valence-electron chi connectivity index (χ4n) is 5.60. The molecule has 4 fully saturated rings. The van der Waals surface area contributed by atoms with Crippen LogP contribution < -0.4 is 16.2 Å². The Hall–Kier alpha value is -0.730. The second kappa shape index (κ2) is 9.85. The van der Waals surface area contributed by atoms with E-state index in [1.54, 1.807) is 0 Å². The van der Waals surface area contributed by atoms with E-state index in [-0.39, 0.29) is 24.1 Å². The van der Waals surface area contributed by atoms with E-state index in [1.165, 1.54) is 57.8 Å². The van der Waals surface area contributed by atoms with Crippen molar-refractivity contribution in [3.8, 4) is 0 Å². The molecule has 7 heteroatoms. The molecule has 0 bridgehead atoms.